The second kappa shape index (κ2) is 5.35. The van der Waals surface area contributed by atoms with Crippen LogP contribution in [0.1, 0.15) is 37.7 Å². The fourth-order valence-corrected chi connectivity index (χ4v) is 1.89. The third-order valence-corrected chi connectivity index (χ3v) is 3.27. The zero-order chi connectivity index (χ0) is 11.4. The maximum absolute atomic E-state index is 5.16. The zero-order valence-corrected chi connectivity index (χ0v) is 10.2. The van der Waals surface area contributed by atoms with Gasteiger partial charge in [0.1, 0.15) is 5.75 Å². The molecule has 88 valence electrons. The molecule has 2 nitrogen and oxygen atoms in total. The van der Waals surface area contributed by atoms with Gasteiger partial charge in [-0.15, -0.1) is 0 Å². The van der Waals surface area contributed by atoms with Gasteiger partial charge in [-0.25, -0.2) is 0 Å². The Morgan fingerprint density at radius 2 is 2.00 bits per heavy atom. The summed E-state index contributed by atoms with van der Waals surface area (Å²) in [5.74, 6) is 1.56. The van der Waals surface area contributed by atoms with Gasteiger partial charge in [-0.1, -0.05) is 19.1 Å². The first-order valence-electron chi connectivity index (χ1n) is 6.17. The molecule has 1 aliphatic rings. The lowest BCUT2D eigenvalue weighted by Crippen LogP contribution is -2.18. The Morgan fingerprint density at radius 1 is 1.31 bits per heavy atom. The van der Waals surface area contributed by atoms with Crippen molar-refractivity contribution in [2.24, 2.45) is 0 Å². The molecule has 1 saturated carbocycles. The van der Waals surface area contributed by atoms with Gasteiger partial charge < -0.3 is 10.1 Å². The molecule has 0 spiro atoms. The van der Waals surface area contributed by atoms with Crippen molar-refractivity contribution in [3.05, 3.63) is 29.8 Å². The van der Waals surface area contributed by atoms with Crippen molar-refractivity contribution >= 4 is 0 Å². The first kappa shape index (κ1) is 11.5. The summed E-state index contributed by atoms with van der Waals surface area (Å²) in [5.41, 5.74) is 1.40. The van der Waals surface area contributed by atoms with Gasteiger partial charge in [0.25, 0.3) is 0 Å². The monoisotopic (exact) mass is 219 g/mol. The fourth-order valence-electron chi connectivity index (χ4n) is 1.89. The molecule has 0 amide bonds. The number of hydrogen-bond acceptors (Lipinski definition) is 2. The van der Waals surface area contributed by atoms with Crippen LogP contribution in [-0.2, 0) is 0 Å². The number of benzene rings is 1. The molecule has 1 N–H and O–H groups in total. The number of nitrogens with one attached hydrogen (secondary N) is 1. The van der Waals surface area contributed by atoms with Crippen molar-refractivity contribution in [1.82, 2.24) is 5.32 Å². The van der Waals surface area contributed by atoms with E-state index in [2.05, 4.69) is 24.4 Å². The van der Waals surface area contributed by atoms with E-state index in [0.29, 0.717) is 5.92 Å². The van der Waals surface area contributed by atoms with Crippen LogP contribution in [0.15, 0.2) is 24.3 Å². The van der Waals surface area contributed by atoms with E-state index in [1.54, 1.807) is 7.11 Å². The molecule has 0 aliphatic heterocycles. The minimum atomic E-state index is 0.622. The number of rotatable bonds is 6. The van der Waals surface area contributed by atoms with E-state index >= 15 is 0 Å². The molecule has 2 rings (SSSR count). The highest BCUT2D eigenvalue weighted by Crippen LogP contribution is 2.23. The van der Waals surface area contributed by atoms with Gasteiger partial charge in [-0.05, 0) is 49.4 Å². The van der Waals surface area contributed by atoms with E-state index in [4.69, 9.17) is 4.74 Å². The standard InChI is InChI=1S/C14H21NO/c1-11(9-10-15-13-5-6-13)12-3-7-14(16-2)8-4-12/h3-4,7-8,11,13,15H,5-6,9-10H2,1-2H3. The quantitative estimate of drug-likeness (QED) is 0.794. The van der Waals surface area contributed by atoms with E-state index in [9.17, 15) is 0 Å². The Hall–Kier alpha value is -1.02. The second-order valence-corrected chi connectivity index (χ2v) is 4.69. The minimum absolute atomic E-state index is 0.622. The van der Waals surface area contributed by atoms with Gasteiger partial charge in [-0.3, -0.25) is 0 Å². The summed E-state index contributed by atoms with van der Waals surface area (Å²) < 4.78 is 5.16. The maximum Gasteiger partial charge on any atom is 0.118 e. The van der Waals surface area contributed by atoms with Gasteiger partial charge in [0.05, 0.1) is 7.11 Å². The Morgan fingerprint density at radius 3 is 2.56 bits per heavy atom. The Kier molecular flexibility index (Phi) is 3.83. The van der Waals surface area contributed by atoms with Crippen molar-refractivity contribution < 1.29 is 4.74 Å². The lowest BCUT2D eigenvalue weighted by Gasteiger charge is -2.12. The molecule has 2 heteroatoms. The first-order valence-corrected chi connectivity index (χ1v) is 6.17. The van der Waals surface area contributed by atoms with E-state index in [1.165, 1.54) is 24.8 Å². The molecule has 1 aromatic rings. The summed E-state index contributed by atoms with van der Waals surface area (Å²) in [4.78, 5) is 0. The summed E-state index contributed by atoms with van der Waals surface area (Å²) in [6.07, 6.45) is 3.96. The van der Waals surface area contributed by atoms with Crippen LogP contribution in [-0.4, -0.2) is 19.7 Å². The smallest absolute Gasteiger partial charge is 0.118 e. The number of ether oxygens (including phenoxy) is 1. The lowest BCUT2D eigenvalue weighted by molar-refractivity contribution is 0.414. The van der Waals surface area contributed by atoms with Crippen molar-refractivity contribution in [3.63, 3.8) is 0 Å². The van der Waals surface area contributed by atoms with Crippen LogP contribution in [0.5, 0.6) is 5.75 Å². The molecule has 0 bridgehead atoms. The van der Waals surface area contributed by atoms with Crippen molar-refractivity contribution in [1.29, 1.82) is 0 Å². The Balaban J connectivity index is 1.79. The van der Waals surface area contributed by atoms with E-state index in [0.717, 1.165) is 18.3 Å². The molecular weight excluding hydrogens is 198 g/mol. The largest absolute Gasteiger partial charge is 0.497 e. The van der Waals surface area contributed by atoms with Gasteiger partial charge in [0.2, 0.25) is 0 Å². The van der Waals surface area contributed by atoms with E-state index in [1.807, 2.05) is 12.1 Å². The van der Waals surface area contributed by atoms with Gasteiger partial charge >= 0.3 is 0 Å². The molecule has 1 atom stereocenters. The second-order valence-electron chi connectivity index (χ2n) is 4.69. The van der Waals surface area contributed by atoms with Gasteiger partial charge in [0.15, 0.2) is 0 Å². The summed E-state index contributed by atoms with van der Waals surface area (Å²) in [5, 5.41) is 3.56. The molecule has 0 heterocycles. The summed E-state index contributed by atoms with van der Waals surface area (Å²) in [6.45, 7) is 3.42. The van der Waals surface area contributed by atoms with Crippen LogP contribution < -0.4 is 10.1 Å². The van der Waals surface area contributed by atoms with Crippen LogP contribution in [0.25, 0.3) is 0 Å². The summed E-state index contributed by atoms with van der Waals surface area (Å²) >= 11 is 0. The highest BCUT2D eigenvalue weighted by atomic mass is 16.5. The van der Waals surface area contributed by atoms with Gasteiger partial charge in [-0.2, -0.15) is 0 Å². The van der Waals surface area contributed by atoms with Crippen LogP contribution in [0.3, 0.4) is 0 Å². The van der Waals surface area contributed by atoms with Crippen LogP contribution in [0, 0.1) is 0 Å². The average Bonchev–Trinajstić information content (AvgIpc) is 3.13. The highest BCUT2D eigenvalue weighted by molar-refractivity contribution is 5.29. The highest BCUT2D eigenvalue weighted by Gasteiger charge is 2.20. The number of hydrogen-bond donors (Lipinski definition) is 1. The molecule has 0 aromatic heterocycles. The van der Waals surface area contributed by atoms with E-state index < -0.39 is 0 Å². The molecule has 1 aromatic carbocycles. The Labute approximate surface area is 98.0 Å². The molecule has 16 heavy (non-hydrogen) atoms. The first-order chi connectivity index (χ1) is 7.79. The van der Waals surface area contributed by atoms with E-state index in [-0.39, 0.29) is 0 Å². The molecule has 0 saturated heterocycles. The normalized spacial score (nSPS) is 17.1. The Bertz CT molecular complexity index is 316. The number of methoxy groups -OCH3 is 1. The fraction of sp³-hybridized carbons (Fsp3) is 0.571. The maximum atomic E-state index is 5.16. The molecule has 1 aliphatic carbocycles. The average molecular weight is 219 g/mol. The van der Waals surface area contributed by atoms with Crippen LogP contribution >= 0.6 is 0 Å². The third-order valence-electron chi connectivity index (χ3n) is 3.27. The predicted molar refractivity (Wildman–Crippen MR) is 67.1 cm³/mol. The van der Waals surface area contributed by atoms with Gasteiger partial charge in [0, 0.05) is 6.04 Å². The molecule has 1 unspecified atom stereocenters. The van der Waals surface area contributed by atoms with Crippen molar-refractivity contribution in [2.45, 2.75) is 38.1 Å². The van der Waals surface area contributed by atoms with Crippen LogP contribution in [0.2, 0.25) is 0 Å². The van der Waals surface area contributed by atoms with Crippen molar-refractivity contribution in [3.8, 4) is 5.75 Å². The molecule has 1 fully saturated rings. The molecule has 0 radical (unpaired) electrons. The SMILES string of the molecule is COc1ccc(C(C)CCNC2CC2)cc1. The lowest BCUT2D eigenvalue weighted by atomic mass is 9.98. The van der Waals surface area contributed by atoms with Crippen molar-refractivity contribution in [2.75, 3.05) is 13.7 Å². The third kappa shape index (κ3) is 3.24. The minimum Gasteiger partial charge on any atom is -0.497 e. The summed E-state index contributed by atoms with van der Waals surface area (Å²) in [6, 6.07) is 9.24. The molecular formula is C14H21NO. The zero-order valence-electron chi connectivity index (χ0n) is 10.2. The van der Waals surface area contributed by atoms with Crippen LogP contribution in [0.4, 0.5) is 0 Å². The predicted octanol–water partition coefficient (Wildman–Crippen LogP) is 2.94. The summed E-state index contributed by atoms with van der Waals surface area (Å²) in [7, 11) is 1.71. The topological polar surface area (TPSA) is 21.3 Å².